The Morgan fingerprint density at radius 2 is 1.68 bits per heavy atom. The molecule has 1 heterocycles. The van der Waals surface area contributed by atoms with E-state index in [-0.39, 0.29) is 18.1 Å². The van der Waals surface area contributed by atoms with Gasteiger partial charge in [0, 0.05) is 12.7 Å². The fourth-order valence-corrected chi connectivity index (χ4v) is 6.61. The van der Waals surface area contributed by atoms with E-state index in [1.165, 1.54) is 44.1 Å². The van der Waals surface area contributed by atoms with Crippen LogP contribution in [0, 0.1) is 23.2 Å². The van der Waals surface area contributed by atoms with Crippen LogP contribution in [0.15, 0.2) is 36.5 Å². The molecule has 166 valence electrons. The molecule has 5 nitrogen and oxygen atoms in total. The van der Waals surface area contributed by atoms with Crippen LogP contribution in [0.3, 0.4) is 0 Å². The van der Waals surface area contributed by atoms with Gasteiger partial charge in [-0.05, 0) is 90.9 Å². The third kappa shape index (κ3) is 4.37. The molecular weight excluding hydrogens is 386 g/mol. The van der Waals surface area contributed by atoms with Crippen molar-refractivity contribution in [2.75, 3.05) is 6.54 Å². The Morgan fingerprint density at radius 1 is 1.06 bits per heavy atom. The Kier molecular flexibility index (Phi) is 5.10. The zero-order valence-electron chi connectivity index (χ0n) is 19.1. The largest absolute Gasteiger partial charge is 0.471 e. The summed E-state index contributed by atoms with van der Waals surface area (Å²) in [4.78, 5) is 12.7. The van der Waals surface area contributed by atoms with Gasteiger partial charge in [0.05, 0.1) is 0 Å². The van der Waals surface area contributed by atoms with E-state index in [1.54, 1.807) is 10.7 Å². The Balaban J connectivity index is 1.14. The van der Waals surface area contributed by atoms with Gasteiger partial charge < -0.3 is 10.1 Å². The minimum atomic E-state index is -0.0657. The van der Waals surface area contributed by atoms with Gasteiger partial charge in [0.25, 0.3) is 5.91 Å². The molecule has 0 aliphatic heterocycles. The van der Waals surface area contributed by atoms with Gasteiger partial charge in [-0.15, -0.1) is 0 Å². The van der Waals surface area contributed by atoms with E-state index in [9.17, 15) is 4.79 Å². The van der Waals surface area contributed by atoms with E-state index in [0.29, 0.717) is 11.1 Å². The van der Waals surface area contributed by atoms with Gasteiger partial charge in [-0.1, -0.05) is 32.9 Å². The minimum Gasteiger partial charge on any atom is -0.471 e. The first-order chi connectivity index (χ1) is 14.8. The van der Waals surface area contributed by atoms with Crippen LogP contribution < -0.4 is 10.1 Å². The SMILES string of the molecule is CC(C)(C)c1ccc(OCn2ccc(C(=O)NCC34CC5CC(CC(C5)C3)C4)n2)cc1. The molecule has 1 N–H and O–H groups in total. The van der Waals surface area contributed by atoms with Crippen molar-refractivity contribution in [2.45, 2.75) is 71.4 Å². The number of hydrogen-bond acceptors (Lipinski definition) is 3. The summed E-state index contributed by atoms with van der Waals surface area (Å²) in [6.07, 6.45) is 9.99. The molecule has 6 rings (SSSR count). The predicted octanol–water partition coefficient (Wildman–Crippen LogP) is 5.16. The molecule has 0 radical (unpaired) electrons. The number of aromatic nitrogens is 2. The normalized spacial score (nSPS) is 29.2. The molecule has 0 spiro atoms. The number of nitrogens with one attached hydrogen (secondary N) is 1. The maximum atomic E-state index is 12.7. The van der Waals surface area contributed by atoms with Gasteiger partial charge in [-0.2, -0.15) is 5.10 Å². The van der Waals surface area contributed by atoms with Crippen LogP contribution in [-0.2, 0) is 12.1 Å². The van der Waals surface area contributed by atoms with Crippen LogP contribution in [0.4, 0.5) is 0 Å². The molecule has 4 bridgehead atoms. The second-order valence-electron chi connectivity index (χ2n) is 11.4. The fraction of sp³-hybridized carbons (Fsp3) is 0.615. The smallest absolute Gasteiger partial charge is 0.271 e. The number of nitrogens with zero attached hydrogens (tertiary/aromatic N) is 2. The molecule has 31 heavy (non-hydrogen) atoms. The van der Waals surface area contributed by atoms with Crippen molar-refractivity contribution in [2.24, 2.45) is 23.2 Å². The second kappa shape index (κ2) is 7.68. The summed E-state index contributed by atoms with van der Waals surface area (Å²) in [6, 6.07) is 9.96. The quantitative estimate of drug-likeness (QED) is 0.701. The number of rotatable bonds is 6. The van der Waals surface area contributed by atoms with Crippen molar-refractivity contribution < 1.29 is 9.53 Å². The summed E-state index contributed by atoms with van der Waals surface area (Å²) in [5, 5.41) is 7.63. The Hall–Kier alpha value is -2.30. The van der Waals surface area contributed by atoms with E-state index >= 15 is 0 Å². The van der Waals surface area contributed by atoms with Crippen LogP contribution >= 0.6 is 0 Å². The molecule has 4 saturated carbocycles. The van der Waals surface area contributed by atoms with Crippen LogP contribution in [0.2, 0.25) is 0 Å². The summed E-state index contributed by atoms with van der Waals surface area (Å²) >= 11 is 0. The van der Waals surface area contributed by atoms with Crippen molar-refractivity contribution in [3.63, 3.8) is 0 Å². The molecular formula is C26H35N3O2. The lowest BCUT2D eigenvalue weighted by Crippen LogP contribution is -2.51. The first-order valence-corrected chi connectivity index (χ1v) is 11.8. The number of hydrogen-bond donors (Lipinski definition) is 1. The lowest BCUT2D eigenvalue weighted by molar-refractivity contribution is -0.0503. The van der Waals surface area contributed by atoms with Crippen molar-refractivity contribution in [1.82, 2.24) is 15.1 Å². The standard InChI is InChI=1S/C26H35N3O2/c1-25(2,3)21-4-6-22(7-5-21)31-17-29-9-8-23(28-29)24(30)27-16-26-13-18-10-19(14-26)12-20(11-18)15-26/h4-9,18-20H,10-17H2,1-3H3,(H,27,30). The van der Waals surface area contributed by atoms with Crippen molar-refractivity contribution >= 4 is 5.91 Å². The second-order valence-corrected chi connectivity index (χ2v) is 11.4. The maximum Gasteiger partial charge on any atom is 0.271 e. The Labute approximate surface area is 185 Å². The van der Waals surface area contributed by atoms with E-state index in [0.717, 1.165) is 30.0 Å². The number of carbonyl (C=O) groups excluding carboxylic acids is 1. The van der Waals surface area contributed by atoms with Gasteiger partial charge in [-0.25, -0.2) is 4.68 Å². The van der Waals surface area contributed by atoms with Crippen molar-refractivity contribution in [1.29, 1.82) is 0 Å². The van der Waals surface area contributed by atoms with Gasteiger partial charge in [-0.3, -0.25) is 4.79 Å². The molecule has 0 saturated heterocycles. The molecule has 5 heteroatoms. The van der Waals surface area contributed by atoms with Crippen LogP contribution in [0.25, 0.3) is 0 Å². The highest BCUT2D eigenvalue weighted by molar-refractivity contribution is 5.92. The molecule has 1 amide bonds. The summed E-state index contributed by atoms with van der Waals surface area (Å²) in [7, 11) is 0. The van der Waals surface area contributed by atoms with Gasteiger partial charge >= 0.3 is 0 Å². The third-order valence-electron chi connectivity index (χ3n) is 7.75. The molecule has 2 aromatic rings. The van der Waals surface area contributed by atoms with E-state index in [1.807, 2.05) is 18.3 Å². The molecule has 4 aliphatic rings. The maximum absolute atomic E-state index is 12.7. The summed E-state index contributed by atoms with van der Waals surface area (Å²) in [5.74, 6) is 3.44. The summed E-state index contributed by atoms with van der Waals surface area (Å²) < 4.78 is 7.52. The topological polar surface area (TPSA) is 56.1 Å². The lowest BCUT2D eigenvalue weighted by Gasteiger charge is -2.56. The zero-order valence-corrected chi connectivity index (χ0v) is 19.1. The van der Waals surface area contributed by atoms with Crippen LogP contribution in [0.5, 0.6) is 5.75 Å². The number of ether oxygens (including phenoxy) is 1. The Bertz CT molecular complexity index is 903. The molecule has 4 fully saturated rings. The molecule has 1 aromatic carbocycles. The van der Waals surface area contributed by atoms with E-state index < -0.39 is 0 Å². The fourth-order valence-electron chi connectivity index (χ4n) is 6.61. The first kappa shape index (κ1) is 20.6. The van der Waals surface area contributed by atoms with Gasteiger partial charge in [0.1, 0.15) is 11.4 Å². The highest BCUT2D eigenvalue weighted by Crippen LogP contribution is 2.59. The highest BCUT2D eigenvalue weighted by atomic mass is 16.5. The summed E-state index contributed by atoms with van der Waals surface area (Å²) in [6.45, 7) is 7.68. The molecule has 0 atom stereocenters. The monoisotopic (exact) mass is 421 g/mol. The zero-order chi connectivity index (χ0) is 21.6. The first-order valence-electron chi connectivity index (χ1n) is 11.8. The van der Waals surface area contributed by atoms with Gasteiger partial charge in [0.15, 0.2) is 6.73 Å². The molecule has 0 unspecified atom stereocenters. The van der Waals surface area contributed by atoms with Crippen LogP contribution in [0.1, 0.15) is 75.3 Å². The average Bonchev–Trinajstić information content (AvgIpc) is 3.18. The van der Waals surface area contributed by atoms with Crippen molar-refractivity contribution in [3.8, 4) is 5.75 Å². The van der Waals surface area contributed by atoms with E-state index in [4.69, 9.17) is 4.74 Å². The third-order valence-corrected chi connectivity index (χ3v) is 7.75. The van der Waals surface area contributed by atoms with Gasteiger partial charge in [0.2, 0.25) is 0 Å². The number of benzene rings is 1. The predicted molar refractivity (Wildman–Crippen MR) is 121 cm³/mol. The molecule has 4 aliphatic carbocycles. The van der Waals surface area contributed by atoms with E-state index in [2.05, 4.69) is 43.3 Å². The molecule has 1 aromatic heterocycles. The number of carbonyl (C=O) groups is 1. The van der Waals surface area contributed by atoms with Crippen molar-refractivity contribution in [3.05, 3.63) is 47.8 Å². The minimum absolute atomic E-state index is 0.0657. The number of amides is 1. The lowest BCUT2D eigenvalue weighted by atomic mass is 9.49. The highest BCUT2D eigenvalue weighted by Gasteiger charge is 2.50. The Morgan fingerprint density at radius 3 is 2.26 bits per heavy atom. The van der Waals surface area contributed by atoms with Crippen LogP contribution in [-0.4, -0.2) is 22.2 Å². The average molecular weight is 422 g/mol. The summed E-state index contributed by atoms with van der Waals surface area (Å²) in [5.41, 5.74) is 2.21.